The summed E-state index contributed by atoms with van der Waals surface area (Å²) in [6.45, 7) is 2.08. The zero-order valence-corrected chi connectivity index (χ0v) is 6.62. The molecule has 1 aliphatic rings. The Labute approximate surface area is 66.7 Å². The number of hydrogen-bond acceptors (Lipinski definition) is 1. The number of aliphatic hydroxyl groups excluding tert-OH is 1. The van der Waals surface area contributed by atoms with Crippen molar-refractivity contribution in [3.05, 3.63) is 35.4 Å². The van der Waals surface area contributed by atoms with Gasteiger partial charge in [0.05, 0.1) is 6.10 Å². The SMILES string of the molecule is CC1c2ccccc2CC1O. The molecule has 1 heteroatoms. The van der Waals surface area contributed by atoms with Crippen LogP contribution in [0.1, 0.15) is 24.0 Å². The zero-order valence-electron chi connectivity index (χ0n) is 6.62. The maximum Gasteiger partial charge on any atom is 0.0646 e. The van der Waals surface area contributed by atoms with Gasteiger partial charge in [0, 0.05) is 5.92 Å². The predicted molar refractivity (Wildman–Crippen MR) is 44.6 cm³/mol. The standard InChI is InChI=1S/C10H12O/c1-7-9-5-3-2-4-8(9)6-10(7)11/h2-5,7,10-11H,6H2,1H3. The molecule has 0 spiro atoms. The Kier molecular flexibility index (Phi) is 1.46. The highest BCUT2D eigenvalue weighted by atomic mass is 16.3. The van der Waals surface area contributed by atoms with Gasteiger partial charge < -0.3 is 5.11 Å². The number of benzene rings is 1. The first-order valence-electron chi connectivity index (χ1n) is 4.05. The minimum atomic E-state index is -0.160. The van der Waals surface area contributed by atoms with E-state index in [1.165, 1.54) is 11.1 Å². The quantitative estimate of drug-likeness (QED) is 0.593. The van der Waals surface area contributed by atoms with Gasteiger partial charge in [-0.2, -0.15) is 0 Å². The minimum absolute atomic E-state index is 0.160. The second-order valence-corrected chi connectivity index (χ2v) is 3.26. The van der Waals surface area contributed by atoms with Crippen LogP contribution >= 0.6 is 0 Å². The average Bonchev–Trinajstić information content (AvgIpc) is 2.30. The summed E-state index contributed by atoms with van der Waals surface area (Å²) in [6, 6.07) is 8.27. The summed E-state index contributed by atoms with van der Waals surface area (Å²) in [5, 5.41) is 9.52. The average molecular weight is 148 g/mol. The smallest absolute Gasteiger partial charge is 0.0646 e. The summed E-state index contributed by atoms with van der Waals surface area (Å²) in [6.07, 6.45) is 0.671. The van der Waals surface area contributed by atoms with E-state index in [2.05, 4.69) is 19.1 Å². The largest absolute Gasteiger partial charge is 0.392 e. The van der Waals surface area contributed by atoms with Crippen molar-refractivity contribution in [2.24, 2.45) is 0 Å². The van der Waals surface area contributed by atoms with Crippen molar-refractivity contribution in [1.29, 1.82) is 0 Å². The first-order valence-corrected chi connectivity index (χ1v) is 4.05. The van der Waals surface area contributed by atoms with E-state index in [4.69, 9.17) is 0 Å². The molecule has 2 unspecified atom stereocenters. The molecule has 1 N–H and O–H groups in total. The Morgan fingerprint density at radius 2 is 2.09 bits per heavy atom. The van der Waals surface area contributed by atoms with Crippen LogP contribution < -0.4 is 0 Å². The van der Waals surface area contributed by atoms with E-state index < -0.39 is 0 Å². The maximum absolute atomic E-state index is 9.52. The second kappa shape index (κ2) is 2.35. The predicted octanol–water partition coefficient (Wildman–Crippen LogP) is 1.71. The minimum Gasteiger partial charge on any atom is -0.392 e. The molecule has 11 heavy (non-hydrogen) atoms. The zero-order chi connectivity index (χ0) is 7.84. The molecule has 0 aromatic heterocycles. The Morgan fingerprint density at radius 3 is 2.82 bits per heavy atom. The monoisotopic (exact) mass is 148 g/mol. The van der Waals surface area contributed by atoms with Crippen LogP contribution in [0.15, 0.2) is 24.3 Å². The molecule has 2 atom stereocenters. The Balaban J connectivity index is 2.47. The summed E-state index contributed by atoms with van der Waals surface area (Å²) < 4.78 is 0. The van der Waals surface area contributed by atoms with Crippen LogP contribution in [0.4, 0.5) is 0 Å². The van der Waals surface area contributed by atoms with Gasteiger partial charge in [0.2, 0.25) is 0 Å². The van der Waals surface area contributed by atoms with Gasteiger partial charge in [-0.25, -0.2) is 0 Å². The molecule has 0 saturated carbocycles. The second-order valence-electron chi connectivity index (χ2n) is 3.26. The van der Waals surface area contributed by atoms with E-state index >= 15 is 0 Å². The molecule has 1 aliphatic carbocycles. The van der Waals surface area contributed by atoms with Crippen molar-refractivity contribution >= 4 is 0 Å². The molecule has 0 aliphatic heterocycles. The number of aliphatic hydroxyl groups is 1. The molecule has 0 fully saturated rings. The van der Waals surface area contributed by atoms with Gasteiger partial charge in [0.1, 0.15) is 0 Å². The van der Waals surface area contributed by atoms with E-state index in [0.29, 0.717) is 5.92 Å². The highest BCUT2D eigenvalue weighted by Crippen LogP contribution is 2.32. The highest BCUT2D eigenvalue weighted by Gasteiger charge is 2.26. The fourth-order valence-electron chi connectivity index (χ4n) is 1.77. The van der Waals surface area contributed by atoms with Gasteiger partial charge in [-0.15, -0.1) is 0 Å². The van der Waals surface area contributed by atoms with Gasteiger partial charge >= 0.3 is 0 Å². The molecule has 0 bridgehead atoms. The van der Waals surface area contributed by atoms with Gasteiger partial charge in [0.15, 0.2) is 0 Å². The lowest BCUT2D eigenvalue weighted by atomic mass is 10.0. The summed E-state index contributed by atoms with van der Waals surface area (Å²) in [5.41, 5.74) is 2.63. The van der Waals surface area contributed by atoms with Crippen LogP contribution in [-0.4, -0.2) is 11.2 Å². The molecule has 1 aromatic carbocycles. The normalized spacial score (nSPS) is 28.5. The Morgan fingerprint density at radius 1 is 1.36 bits per heavy atom. The first kappa shape index (κ1) is 6.86. The Bertz CT molecular complexity index is 267. The van der Waals surface area contributed by atoms with Gasteiger partial charge in [-0.05, 0) is 17.5 Å². The molecule has 0 radical (unpaired) electrons. The summed E-state index contributed by atoms with van der Waals surface area (Å²) >= 11 is 0. The van der Waals surface area contributed by atoms with Crippen LogP contribution in [0.2, 0.25) is 0 Å². The highest BCUT2D eigenvalue weighted by molar-refractivity contribution is 5.36. The summed E-state index contributed by atoms with van der Waals surface area (Å²) in [7, 11) is 0. The van der Waals surface area contributed by atoms with E-state index in [9.17, 15) is 5.11 Å². The molecule has 0 heterocycles. The van der Waals surface area contributed by atoms with E-state index in [-0.39, 0.29) is 6.10 Å². The van der Waals surface area contributed by atoms with Crippen molar-refractivity contribution in [2.75, 3.05) is 0 Å². The third kappa shape index (κ3) is 0.962. The van der Waals surface area contributed by atoms with Gasteiger partial charge in [0.25, 0.3) is 0 Å². The van der Waals surface area contributed by atoms with E-state index in [1.54, 1.807) is 0 Å². The van der Waals surface area contributed by atoms with E-state index in [1.807, 2.05) is 12.1 Å². The summed E-state index contributed by atoms with van der Waals surface area (Å²) in [4.78, 5) is 0. The van der Waals surface area contributed by atoms with Crippen LogP contribution in [-0.2, 0) is 6.42 Å². The van der Waals surface area contributed by atoms with Crippen molar-refractivity contribution in [3.63, 3.8) is 0 Å². The van der Waals surface area contributed by atoms with Crippen LogP contribution in [0.3, 0.4) is 0 Å². The van der Waals surface area contributed by atoms with Crippen molar-refractivity contribution in [2.45, 2.75) is 25.4 Å². The molecular formula is C10H12O. The number of fused-ring (bicyclic) bond motifs is 1. The third-order valence-electron chi connectivity index (χ3n) is 2.55. The topological polar surface area (TPSA) is 20.2 Å². The van der Waals surface area contributed by atoms with Crippen LogP contribution in [0.25, 0.3) is 0 Å². The molecule has 0 amide bonds. The van der Waals surface area contributed by atoms with Crippen molar-refractivity contribution in [1.82, 2.24) is 0 Å². The number of hydrogen-bond donors (Lipinski definition) is 1. The lowest BCUT2D eigenvalue weighted by Crippen LogP contribution is -2.09. The molecule has 0 saturated heterocycles. The number of rotatable bonds is 0. The van der Waals surface area contributed by atoms with E-state index in [0.717, 1.165) is 6.42 Å². The Hall–Kier alpha value is -0.820. The first-order chi connectivity index (χ1) is 5.29. The lowest BCUT2D eigenvalue weighted by molar-refractivity contribution is 0.163. The van der Waals surface area contributed by atoms with Crippen LogP contribution in [0.5, 0.6) is 0 Å². The van der Waals surface area contributed by atoms with Gasteiger partial charge in [-0.1, -0.05) is 31.2 Å². The van der Waals surface area contributed by atoms with Crippen LogP contribution in [0, 0.1) is 0 Å². The fraction of sp³-hybridized carbons (Fsp3) is 0.400. The molecule has 58 valence electrons. The molecule has 1 nitrogen and oxygen atoms in total. The van der Waals surface area contributed by atoms with Gasteiger partial charge in [-0.3, -0.25) is 0 Å². The molecule has 1 aromatic rings. The van der Waals surface area contributed by atoms with Crippen molar-refractivity contribution < 1.29 is 5.11 Å². The fourth-order valence-corrected chi connectivity index (χ4v) is 1.77. The van der Waals surface area contributed by atoms with Crippen molar-refractivity contribution in [3.8, 4) is 0 Å². The lowest BCUT2D eigenvalue weighted by Gasteiger charge is -2.07. The maximum atomic E-state index is 9.52. The summed E-state index contributed by atoms with van der Waals surface area (Å²) in [5.74, 6) is 0.325. The molecule has 2 rings (SSSR count). The molecular weight excluding hydrogens is 136 g/mol. The third-order valence-corrected chi connectivity index (χ3v) is 2.55.